The van der Waals surface area contributed by atoms with Gasteiger partial charge in [0.2, 0.25) is 0 Å². The third-order valence-electron chi connectivity index (χ3n) is 4.53. The molecule has 1 aromatic rings. The summed E-state index contributed by atoms with van der Waals surface area (Å²) in [7, 11) is 2.06. The lowest BCUT2D eigenvalue weighted by Gasteiger charge is -2.32. The van der Waals surface area contributed by atoms with Gasteiger partial charge in [-0.2, -0.15) is 0 Å². The van der Waals surface area contributed by atoms with Crippen LogP contribution in [0, 0.1) is 0 Å². The standard InChI is InChI=1S/C18H23N3O2/c1-20-10-12-21(13-11-20)18(23)15-8-4-5-9-16(15)19-17(22)14-6-2-3-7-14/h4-6,8-9H,2-3,7,10-13H2,1H3,(H,19,22). The first kappa shape index (κ1) is 15.7. The van der Waals surface area contributed by atoms with E-state index in [4.69, 9.17) is 0 Å². The lowest BCUT2D eigenvalue weighted by molar-refractivity contribution is -0.112. The fourth-order valence-corrected chi connectivity index (χ4v) is 3.04. The van der Waals surface area contributed by atoms with Gasteiger partial charge in [0.1, 0.15) is 0 Å². The van der Waals surface area contributed by atoms with Crippen LogP contribution < -0.4 is 5.32 Å². The topological polar surface area (TPSA) is 52.6 Å². The SMILES string of the molecule is CN1CCN(C(=O)c2ccccc2NC(=O)C2=CCCC2)CC1. The molecule has 5 nitrogen and oxygen atoms in total. The maximum atomic E-state index is 12.8. The zero-order valence-electron chi connectivity index (χ0n) is 13.5. The van der Waals surface area contributed by atoms with Crippen LogP contribution in [0.15, 0.2) is 35.9 Å². The summed E-state index contributed by atoms with van der Waals surface area (Å²) in [6.07, 6.45) is 4.80. The second-order valence-corrected chi connectivity index (χ2v) is 6.22. The molecule has 1 aliphatic heterocycles. The average Bonchev–Trinajstić information content (AvgIpc) is 3.10. The summed E-state index contributed by atoms with van der Waals surface area (Å²) < 4.78 is 0. The van der Waals surface area contributed by atoms with Gasteiger partial charge in [-0.15, -0.1) is 0 Å². The van der Waals surface area contributed by atoms with Crippen LogP contribution in [-0.4, -0.2) is 54.8 Å². The van der Waals surface area contributed by atoms with Crippen molar-refractivity contribution in [2.24, 2.45) is 0 Å². The molecule has 122 valence electrons. The molecule has 5 heteroatoms. The number of likely N-dealkylation sites (N-methyl/N-ethyl adjacent to an activating group) is 1. The minimum Gasteiger partial charge on any atom is -0.336 e. The molecular weight excluding hydrogens is 290 g/mol. The van der Waals surface area contributed by atoms with Crippen LogP contribution in [0.3, 0.4) is 0 Å². The van der Waals surface area contributed by atoms with E-state index in [9.17, 15) is 9.59 Å². The van der Waals surface area contributed by atoms with Gasteiger partial charge in [0.05, 0.1) is 11.3 Å². The molecule has 0 saturated carbocycles. The molecule has 1 fully saturated rings. The van der Waals surface area contributed by atoms with E-state index in [0.717, 1.165) is 51.0 Å². The summed E-state index contributed by atoms with van der Waals surface area (Å²) in [6, 6.07) is 7.28. The second-order valence-electron chi connectivity index (χ2n) is 6.22. The number of para-hydroxylation sites is 1. The van der Waals surface area contributed by atoms with E-state index in [1.165, 1.54) is 0 Å². The number of anilines is 1. The average molecular weight is 313 g/mol. The molecule has 1 aromatic carbocycles. The first-order valence-corrected chi connectivity index (χ1v) is 8.22. The third kappa shape index (κ3) is 3.62. The Balaban J connectivity index is 1.74. The minimum atomic E-state index is -0.0823. The van der Waals surface area contributed by atoms with Crippen LogP contribution in [0.5, 0.6) is 0 Å². The van der Waals surface area contributed by atoms with Crippen molar-refractivity contribution in [3.63, 3.8) is 0 Å². The van der Waals surface area contributed by atoms with Crippen molar-refractivity contribution in [1.82, 2.24) is 9.80 Å². The number of allylic oxidation sites excluding steroid dienone is 1. The predicted octanol–water partition coefficient (Wildman–Crippen LogP) is 2.12. The Bertz CT molecular complexity index is 631. The monoisotopic (exact) mass is 313 g/mol. The van der Waals surface area contributed by atoms with Crippen molar-refractivity contribution >= 4 is 17.5 Å². The number of benzene rings is 1. The number of carbonyl (C=O) groups excluding carboxylic acids is 2. The number of rotatable bonds is 3. The molecule has 0 radical (unpaired) electrons. The van der Waals surface area contributed by atoms with E-state index in [2.05, 4.69) is 17.3 Å². The van der Waals surface area contributed by atoms with Gasteiger partial charge in [0, 0.05) is 31.8 Å². The normalized spacial score (nSPS) is 18.7. The Kier molecular flexibility index (Phi) is 4.76. The van der Waals surface area contributed by atoms with Gasteiger partial charge in [-0.05, 0) is 38.4 Å². The molecule has 2 amide bonds. The molecule has 1 saturated heterocycles. The first-order valence-electron chi connectivity index (χ1n) is 8.22. The summed E-state index contributed by atoms with van der Waals surface area (Å²) >= 11 is 0. The molecular formula is C18H23N3O2. The largest absolute Gasteiger partial charge is 0.336 e. The summed E-state index contributed by atoms with van der Waals surface area (Å²) in [4.78, 5) is 29.1. The molecule has 0 atom stereocenters. The lowest BCUT2D eigenvalue weighted by Crippen LogP contribution is -2.47. The van der Waals surface area contributed by atoms with E-state index in [0.29, 0.717) is 11.3 Å². The van der Waals surface area contributed by atoms with Crippen molar-refractivity contribution in [3.05, 3.63) is 41.5 Å². The Hall–Kier alpha value is -2.14. The van der Waals surface area contributed by atoms with Gasteiger partial charge in [0.15, 0.2) is 0 Å². The molecule has 3 rings (SSSR count). The van der Waals surface area contributed by atoms with Gasteiger partial charge in [-0.3, -0.25) is 9.59 Å². The third-order valence-corrected chi connectivity index (χ3v) is 4.53. The second kappa shape index (κ2) is 6.96. The zero-order valence-corrected chi connectivity index (χ0v) is 13.5. The van der Waals surface area contributed by atoms with Crippen molar-refractivity contribution < 1.29 is 9.59 Å². The summed E-state index contributed by atoms with van der Waals surface area (Å²) in [6.45, 7) is 3.21. The van der Waals surface area contributed by atoms with Crippen molar-refractivity contribution in [2.75, 3.05) is 38.5 Å². The van der Waals surface area contributed by atoms with Crippen LogP contribution in [0.25, 0.3) is 0 Å². The van der Waals surface area contributed by atoms with E-state index in [-0.39, 0.29) is 11.8 Å². The van der Waals surface area contributed by atoms with Crippen LogP contribution in [0.2, 0.25) is 0 Å². The van der Waals surface area contributed by atoms with Crippen LogP contribution in [-0.2, 0) is 4.79 Å². The number of nitrogens with one attached hydrogen (secondary N) is 1. The number of carbonyl (C=O) groups is 2. The summed E-state index contributed by atoms with van der Waals surface area (Å²) in [5.74, 6) is -0.0875. The van der Waals surface area contributed by atoms with Crippen molar-refractivity contribution in [3.8, 4) is 0 Å². The van der Waals surface area contributed by atoms with Gasteiger partial charge in [-0.1, -0.05) is 18.2 Å². The Morgan fingerprint density at radius 3 is 2.52 bits per heavy atom. The van der Waals surface area contributed by atoms with Crippen LogP contribution >= 0.6 is 0 Å². The highest BCUT2D eigenvalue weighted by Crippen LogP contribution is 2.22. The van der Waals surface area contributed by atoms with E-state index in [1.54, 1.807) is 12.1 Å². The maximum absolute atomic E-state index is 12.8. The minimum absolute atomic E-state index is 0.00518. The highest BCUT2D eigenvalue weighted by molar-refractivity contribution is 6.08. The molecule has 0 bridgehead atoms. The molecule has 1 aliphatic carbocycles. The Morgan fingerprint density at radius 2 is 1.83 bits per heavy atom. The fourth-order valence-electron chi connectivity index (χ4n) is 3.04. The molecule has 23 heavy (non-hydrogen) atoms. The fraction of sp³-hybridized carbons (Fsp3) is 0.444. The lowest BCUT2D eigenvalue weighted by atomic mass is 10.1. The van der Waals surface area contributed by atoms with Crippen LogP contribution in [0.1, 0.15) is 29.6 Å². The molecule has 1 N–H and O–H groups in total. The smallest absolute Gasteiger partial charge is 0.256 e. The van der Waals surface area contributed by atoms with Crippen molar-refractivity contribution in [1.29, 1.82) is 0 Å². The summed E-state index contributed by atoms with van der Waals surface area (Å²) in [5, 5.41) is 2.92. The number of nitrogens with zero attached hydrogens (tertiary/aromatic N) is 2. The number of hydrogen-bond acceptors (Lipinski definition) is 3. The molecule has 0 aromatic heterocycles. The first-order chi connectivity index (χ1) is 11.1. The van der Waals surface area contributed by atoms with E-state index < -0.39 is 0 Å². The maximum Gasteiger partial charge on any atom is 0.256 e. The Labute approximate surface area is 137 Å². The highest BCUT2D eigenvalue weighted by atomic mass is 16.2. The number of amides is 2. The van der Waals surface area contributed by atoms with Crippen LogP contribution in [0.4, 0.5) is 5.69 Å². The summed E-state index contributed by atoms with van der Waals surface area (Å²) in [5.41, 5.74) is 2.00. The molecule has 0 unspecified atom stereocenters. The quantitative estimate of drug-likeness (QED) is 0.930. The number of hydrogen-bond donors (Lipinski definition) is 1. The molecule has 1 heterocycles. The molecule has 2 aliphatic rings. The Morgan fingerprint density at radius 1 is 1.09 bits per heavy atom. The van der Waals surface area contributed by atoms with Crippen molar-refractivity contribution in [2.45, 2.75) is 19.3 Å². The number of piperazine rings is 1. The van der Waals surface area contributed by atoms with Gasteiger partial charge >= 0.3 is 0 Å². The van der Waals surface area contributed by atoms with Gasteiger partial charge < -0.3 is 15.1 Å². The van der Waals surface area contributed by atoms with Gasteiger partial charge in [-0.25, -0.2) is 0 Å². The van der Waals surface area contributed by atoms with Gasteiger partial charge in [0.25, 0.3) is 11.8 Å². The van der Waals surface area contributed by atoms with E-state index >= 15 is 0 Å². The molecule has 0 spiro atoms. The van der Waals surface area contributed by atoms with E-state index in [1.807, 2.05) is 23.1 Å². The highest BCUT2D eigenvalue weighted by Gasteiger charge is 2.23. The predicted molar refractivity (Wildman–Crippen MR) is 90.4 cm³/mol. The zero-order chi connectivity index (χ0) is 16.2.